The first-order chi connectivity index (χ1) is 12.9. The number of phenols is 2. The van der Waals surface area contributed by atoms with E-state index in [-0.39, 0.29) is 17.9 Å². The second-order valence-electron chi connectivity index (χ2n) is 6.04. The number of benzene rings is 2. The highest BCUT2D eigenvalue weighted by molar-refractivity contribution is 5.94. The standard InChI is InChI=1S/C20H18N2O5/c23-17-7-5-12(9-18(17)24)6-8-19(25)22-16(20(26)27)10-13-11-21-15-4-2-1-3-14(13)15/h1-9,11,16,21,23-24H,10H2,(H,22,25)(H,26,27)/t16-/m0/s1. The molecule has 0 bridgehead atoms. The number of H-pyrrole nitrogens is 1. The van der Waals surface area contributed by atoms with Crippen molar-refractivity contribution in [1.82, 2.24) is 10.3 Å². The van der Waals surface area contributed by atoms with E-state index in [1.54, 1.807) is 6.20 Å². The number of aliphatic carboxylic acids is 1. The van der Waals surface area contributed by atoms with E-state index in [0.29, 0.717) is 5.56 Å². The third-order valence-electron chi connectivity index (χ3n) is 4.14. The molecule has 0 spiro atoms. The molecular formula is C20H18N2O5. The Morgan fingerprint density at radius 3 is 2.63 bits per heavy atom. The highest BCUT2D eigenvalue weighted by atomic mass is 16.4. The Bertz CT molecular complexity index is 1020. The lowest BCUT2D eigenvalue weighted by Crippen LogP contribution is -2.41. The summed E-state index contributed by atoms with van der Waals surface area (Å²) in [6.45, 7) is 0. The van der Waals surface area contributed by atoms with Crippen molar-refractivity contribution in [2.24, 2.45) is 0 Å². The molecule has 3 rings (SSSR count). The van der Waals surface area contributed by atoms with Gasteiger partial charge in [0.25, 0.3) is 0 Å². The topological polar surface area (TPSA) is 123 Å². The number of carboxylic acids is 1. The summed E-state index contributed by atoms with van der Waals surface area (Å²) in [5.41, 5.74) is 2.18. The van der Waals surface area contributed by atoms with Gasteiger partial charge in [-0.25, -0.2) is 4.79 Å². The molecule has 1 aromatic heterocycles. The molecule has 1 heterocycles. The third kappa shape index (κ3) is 4.27. The molecule has 0 saturated heterocycles. The van der Waals surface area contributed by atoms with E-state index in [2.05, 4.69) is 10.3 Å². The first kappa shape index (κ1) is 18.1. The SMILES string of the molecule is O=C(C=Cc1ccc(O)c(O)c1)N[C@@H](Cc1c[nH]c2ccccc12)C(=O)O. The lowest BCUT2D eigenvalue weighted by molar-refractivity contribution is -0.141. The van der Waals surface area contributed by atoms with E-state index in [1.165, 1.54) is 30.4 Å². The molecule has 0 saturated carbocycles. The van der Waals surface area contributed by atoms with E-state index in [4.69, 9.17) is 0 Å². The minimum atomic E-state index is -1.13. The summed E-state index contributed by atoms with van der Waals surface area (Å²) in [6, 6.07) is 10.5. The van der Waals surface area contributed by atoms with Crippen LogP contribution in [0.3, 0.4) is 0 Å². The van der Waals surface area contributed by atoms with Crippen LogP contribution in [0.5, 0.6) is 11.5 Å². The number of aromatic hydroxyl groups is 2. The number of amides is 1. The van der Waals surface area contributed by atoms with E-state index in [1.807, 2.05) is 24.3 Å². The number of aromatic amines is 1. The van der Waals surface area contributed by atoms with Gasteiger partial charge in [0.1, 0.15) is 6.04 Å². The van der Waals surface area contributed by atoms with Crippen LogP contribution in [0.4, 0.5) is 0 Å². The molecule has 27 heavy (non-hydrogen) atoms. The number of aromatic nitrogens is 1. The van der Waals surface area contributed by atoms with Crippen LogP contribution >= 0.6 is 0 Å². The minimum Gasteiger partial charge on any atom is -0.504 e. The summed E-state index contributed by atoms with van der Waals surface area (Å²) in [4.78, 5) is 26.7. The molecule has 0 aliphatic rings. The lowest BCUT2D eigenvalue weighted by atomic mass is 10.0. The molecule has 7 heteroatoms. The van der Waals surface area contributed by atoms with Crippen LogP contribution in [0.2, 0.25) is 0 Å². The Balaban J connectivity index is 1.70. The Labute approximate surface area is 154 Å². The fourth-order valence-corrected chi connectivity index (χ4v) is 2.76. The van der Waals surface area contributed by atoms with Crippen LogP contribution in [0.25, 0.3) is 17.0 Å². The average molecular weight is 366 g/mol. The molecule has 7 nitrogen and oxygen atoms in total. The summed E-state index contributed by atoms with van der Waals surface area (Å²) in [6.07, 6.45) is 4.47. The molecule has 5 N–H and O–H groups in total. The van der Waals surface area contributed by atoms with Crippen LogP contribution in [0.1, 0.15) is 11.1 Å². The minimum absolute atomic E-state index is 0.138. The van der Waals surface area contributed by atoms with Crippen molar-refractivity contribution in [2.75, 3.05) is 0 Å². The molecule has 0 aliphatic heterocycles. The van der Waals surface area contributed by atoms with E-state index in [0.717, 1.165) is 16.5 Å². The van der Waals surface area contributed by atoms with Crippen molar-refractivity contribution in [3.05, 3.63) is 65.9 Å². The van der Waals surface area contributed by atoms with E-state index < -0.39 is 17.9 Å². The van der Waals surface area contributed by atoms with Crippen molar-refractivity contribution in [2.45, 2.75) is 12.5 Å². The maximum atomic E-state index is 12.1. The Morgan fingerprint density at radius 2 is 1.89 bits per heavy atom. The summed E-state index contributed by atoms with van der Waals surface area (Å²) >= 11 is 0. The lowest BCUT2D eigenvalue weighted by Gasteiger charge is -2.13. The smallest absolute Gasteiger partial charge is 0.326 e. The van der Waals surface area contributed by atoms with Crippen LogP contribution in [0, 0.1) is 0 Å². The zero-order chi connectivity index (χ0) is 19.4. The zero-order valence-electron chi connectivity index (χ0n) is 14.2. The van der Waals surface area contributed by atoms with Crippen molar-refractivity contribution in [1.29, 1.82) is 0 Å². The van der Waals surface area contributed by atoms with Gasteiger partial charge in [0.05, 0.1) is 0 Å². The summed E-state index contributed by atoms with van der Waals surface area (Å²) < 4.78 is 0. The van der Waals surface area contributed by atoms with Gasteiger partial charge >= 0.3 is 5.97 Å². The van der Waals surface area contributed by atoms with Gasteiger partial charge < -0.3 is 25.6 Å². The number of fused-ring (bicyclic) bond motifs is 1. The molecule has 1 atom stereocenters. The second-order valence-corrected chi connectivity index (χ2v) is 6.04. The van der Waals surface area contributed by atoms with Crippen LogP contribution in [0.15, 0.2) is 54.7 Å². The van der Waals surface area contributed by atoms with Crippen molar-refractivity contribution in [3.8, 4) is 11.5 Å². The fraction of sp³-hybridized carbons (Fsp3) is 0.100. The first-order valence-electron chi connectivity index (χ1n) is 8.22. The second kappa shape index (κ2) is 7.65. The molecule has 1 amide bonds. The van der Waals surface area contributed by atoms with Gasteiger partial charge in [-0.15, -0.1) is 0 Å². The van der Waals surface area contributed by atoms with Crippen molar-refractivity contribution < 1.29 is 24.9 Å². The van der Waals surface area contributed by atoms with Gasteiger partial charge in [0, 0.05) is 29.6 Å². The molecule has 0 fully saturated rings. The quantitative estimate of drug-likeness (QED) is 0.339. The molecule has 3 aromatic rings. The number of carbonyl (C=O) groups is 2. The van der Waals surface area contributed by atoms with Gasteiger partial charge in [-0.1, -0.05) is 24.3 Å². The number of carbonyl (C=O) groups excluding carboxylic acids is 1. The van der Waals surface area contributed by atoms with Gasteiger partial charge in [-0.05, 0) is 35.4 Å². The Kier molecular flexibility index (Phi) is 5.12. The van der Waals surface area contributed by atoms with E-state index in [9.17, 15) is 24.9 Å². The van der Waals surface area contributed by atoms with Crippen molar-refractivity contribution in [3.63, 3.8) is 0 Å². The van der Waals surface area contributed by atoms with Gasteiger partial charge in [0.15, 0.2) is 11.5 Å². The van der Waals surface area contributed by atoms with Gasteiger partial charge in [-0.2, -0.15) is 0 Å². The van der Waals surface area contributed by atoms with Gasteiger partial charge in [0.2, 0.25) is 5.91 Å². The molecular weight excluding hydrogens is 348 g/mol. The summed E-state index contributed by atoms with van der Waals surface area (Å²) in [7, 11) is 0. The van der Waals surface area contributed by atoms with Crippen molar-refractivity contribution >= 4 is 28.9 Å². The number of hydrogen-bond donors (Lipinski definition) is 5. The van der Waals surface area contributed by atoms with Crippen LogP contribution in [-0.2, 0) is 16.0 Å². The number of nitrogens with one attached hydrogen (secondary N) is 2. The zero-order valence-corrected chi connectivity index (χ0v) is 14.2. The predicted octanol–water partition coefficient (Wildman–Crippen LogP) is 2.40. The fourth-order valence-electron chi connectivity index (χ4n) is 2.76. The molecule has 0 radical (unpaired) electrons. The van der Waals surface area contributed by atoms with E-state index >= 15 is 0 Å². The predicted molar refractivity (Wildman–Crippen MR) is 100 cm³/mol. The Hall–Kier alpha value is -3.74. The highest BCUT2D eigenvalue weighted by Gasteiger charge is 2.21. The maximum Gasteiger partial charge on any atom is 0.326 e. The van der Waals surface area contributed by atoms with Crippen LogP contribution in [-0.4, -0.2) is 38.2 Å². The normalized spacial score (nSPS) is 12.3. The number of carboxylic acid groups (broad SMARTS) is 1. The summed E-state index contributed by atoms with van der Waals surface area (Å²) in [5.74, 6) is -2.28. The maximum absolute atomic E-state index is 12.1. The molecule has 0 unspecified atom stereocenters. The molecule has 0 aliphatic carbocycles. The highest BCUT2D eigenvalue weighted by Crippen LogP contribution is 2.25. The average Bonchev–Trinajstić information content (AvgIpc) is 3.05. The first-order valence-corrected chi connectivity index (χ1v) is 8.22. The molecule has 138 valence electrons. The Morgan fingerprint density at radius 1 is 1.11 bits per heavy atom. The summed E-state index contributed by atoms with van der Waals surface area (Å²) in [5, 5.41) is 31.5. The largest absolute Gasteiger partial charge is 0.504 e. The molecule has 2 aromatic carbocycles. The van der Waals surface area contributed by atoms with Crippen LogP contribution < -0.4 is 5.32 Å². The monoisotopic (exact) mass is 366 g/mol. The van der Waals surface area contributed by atoms with Gasteiger partial charge in [-0.3, -0.25) is 4.79 Å². The number of phenolic OH excluding ortho intramolecular Hbond substituents is 2. The number of hydrogen-bond acceptors (Lipinski definition) is 4. The number of para-hydroxylation sites is 1. The third-order valence-corrected chi connectivity index (χ3v) is 4.14. The number of rotatable bonds is 6.